The molecule has 5 rings (SSSR count). The van der Waals surface area contributed by atoms with Crippen LogP contribution in [0.15, 0.2) is 77.1 Å². The van der Waals surface area contributed by atoms with Crippen LogP contribution in [0.4, 0.5) is 0 Å². The predicted octanol–water partition coefficient (Wildman–Crippen LogP) is -0.522. The minimum atomic E-state index is -1.63. The Balaban J connectivity index is 1.41. The van der Waals surface area contributed by atoms with E-state index in [1.807, 2.05) is 30.3 Å². The molecule has 0 saturated carbocycles. The van der Waals surface area contributed by atoms with Crippen molar-refractivity contribution in [2.45, 2.75) is 108 Å². The first-order valence-electron chi connectivity index (χ1n) is 24.1. The smallest absolute Gasteiger partial charge is 0.247 e. The van der Waals surface area contributed by atoms with E-state index < -0.39 is 108 Å². The summed E-state index contributed by atoms with van der Waals surface area (Å²) in [4.78, 5) is 131. The van der Waals surface area contributed by atoms with Crippen LogP contribution in [0.25, 0.3) is 0 Å². The van der Waals surface area contributed by atoms with E-state index in [2.05, 4.69) is 42.2 Å². The quantitative estimate of drug-likeness (QED) is 0.0461. The fourth-order valence-electron chi connectivity index (χ4n) is 7.92. The van der Waals surface area contributed by atoms with Gasteiger partial charge in [0.1, 0.15) is 48.0 Å². The summed E-state index contributed by atoms with van der Waals surface area (Å²) in [6.45, 7) is 3.65. The van der Waals surface area contributed by atoms with Crippen molar-refractivity contribution in [1.82, 2.24) is 42.1 Å². The molecule has 400 valence electrons. The molecule has 14 N–H and O–H groups in total. The number of carbonyl (C=O) groups excluding carboxylic acids is 9. The molecule has 0 unspecified atom stereocenters. The molecule has 0 spiro atoms. The van der Waals surface area contributed by atoms with Gasteiger partial charge in [-0.25, -0.2) is 0 Å². The molecule has 1 aromatic heterocycles. The van der Waals surface area contributed by atoms with Gasteiger partial charge < -0.3 is 64.4 Å². The van der Waals surface area contributed by atoms with Crippen LogP contribution in [-0.2, 0) is 62.5 Å². The van der Waals surface area contributed by atoms with Gasteiger partial charge in [-0.05, 0) is 65.6 Å². The maximum Gasteiger partial charge on any atom is 0.247 e. The molecule has 2 aromatic carbocycles. The molecule has 3 heterocycles. The van der Waals surface area contributed by atoms with Gasteiger partial charge in [0.15, 0.2) is 5.96 Å². The Morgan fingerprint density at radius 3 is 2.15 bits per heavy atom. The number of primary amides is 1. The van der Waals surface area contributed by atoms with Gasteiger partial charge in [-0.2, -0.15) is 11.8 Å². The second-order valence-electron chi connectivity index (χ2n) is 18.1. The highest BCUT2D eigenvalue weighted by Crippen LogP contribution is 2.24. The number of nitrogens with zero attached hydrogens (tertiary/aromatic N) is 2. The molecule has 2 aliphatic rings. The predicted molar refractivity (Wildman–Crippen MR) is 283 cm³/mol. The van der Waals surface area contributed by atoms with Crippen molar-refractivity contribution in [2.75, 3.05) is 29.7 Å². The number of thioether (sulfide) groups is 2. The molecular weight excluding hydrogens is 1010 g/mol. The number of phenols is 1. The monoisotopic (exact) mass is 1080 g/mol. The summed E-state index contributed by atoms with van der Waals surface area (Å²) in [5, 5.41) is 30.8. The molecule has 74 heavy (non-hydrogen) atoms. The van der Waals surface area contributed by atoms with Crippen LogP contribution >= 0.6 is 34.9 Å². The maximum absolute atomic E-state index is 14.7. The molecule has 0 aliphatic carbocycles. The van der Waals surface area contributed by atoms with Crippen molar-refractivity contribution in [3.8, 4) is 5.75 Å². The number of aliphatic imine (C=N–C) groups is 1. The summed E-state index contributed by atoms with van der Waals surface area (Å²) in [5.41, 5.74) is 18.0. The van der Waals surface area contributed by atoms with Gasteiger partial charge in [-0.1, -0.05) is 62.4 Å². The van der Waals surface area contributed by atoms with Crippen molar-refractivity contribution in [3.05, 3.63) is 88.1 Å². The number of aromatic hydroxyl groups is 1. The Hall–Kier alpha value is -6.86. The third-order valence-corrected chi connectivity index (χ3v) is 14.9. The zero-order valence-corrected chi connectivity index (χ0v) is 43.7. The van der Waals surface area contributed by atoms with Crippen LogP contribution in [0.5, 0.6) is 5.75 Å². The number of benzene rings is 2. The SMILES string of the molecule is CC(C)[C@@H]1NC(=O)[C@H](Cc2cccs2)NC(=O)[C@H](Cc2ccc(O)cc2)NC(=O)CCCSC[C@@H](C(=O)N2CSC[C@H]2C(=O)N[C@H](CCCN=C(N)N)C(=O)NCc2ccccc2)NC(=O)[C@H](CC(N)=O)NC1=O. The summed E-state index contributed by atoms with van der Waals surface area (Å²) in [5.74, 6) is -6.86. The van der Waals surface area contributed by atoms with E-state index in [-0.39, 0.29) is 80.0 Å². The van der Waals surface area contributed by atoms with Crippen LogP contribution < -0.4 is 54.4 Å². The van der Waals surface area contributed by atoms with Gasteiger partial charge in [0.2, 0.25) is 53.2 Å². The van der Waals surface area contributed by atoms with Crippen molar-refractivity contribution >= 4 is 94.0 Å². The maximum atomic E-state index is 14.7. The molecule has 22 nitrogen and oxygen atoms in total. The average Bonchev–Trinajstić information content (AvgIpc) is 4.08. The van der Waals surface area contributed by atoms with E-state index in [0.717, 1.165) is 10.4 Å². The largest absolute Gasteiger partial charge is 0.508 e. The Bertz CT molecular complexity index is 2440. The minimum Gasteiger partial charge on any atom is -0.508 e. The van der Waals surface area contributed by atoms with E-state index in [0.29, 0.717) is 12.0 Å². The van der Waals surface area contributed by atoms with E-state index in [1.165, 1.54) is 51.9 Å². The molecule has 0 radical (unpaired) electrons. The minimum absolute atomic E-state index is 0.000690. The summed E-state index contributed by atoms with van der Waals surface area (Å²) in [7, 11) is 0. The number of amides is 9. The molecule has 2 saturated heterocycles. The zero-order chi connectivity index (χ0) is 53.7. The lowest BCUT2D eigenvalue weighted by atomic mass is 10.0. The molecule has 25 heteroatoms. The summed E-state index contributed by atoms with van der Waals surface area (Å²) >= 11 is 3.83. The summed E-state index contributed by atoms with van der Waals surface area (Å²) in [6.07, 6.45) is -0.00467. The second-order valence-corrected chi connectivity index (χ2v) is 21.3. The van der Waals surface area contributed by atoms with Crippen LogP contribution in [-0.4, -0.2) is 141 Å². The van der Waals surface area contributed by atoms with Gasteiger partial charge in [0.25, 0.3) is 0 Å². The normalized spacial score (nSPS) is 21.9. The lowest BCUT2D eigenvalue weighted by Gasteiger charge is -2.30. The van der Waals surface area contributed by atoms with Gasteiger partial charge in [-0.3, -0.25) is 48.1 Å². The third kappa shape index (κ3) is 18.6. The van der Waals surface area contributed by atoms with Crippen LogP contribution in [0.2, 0.25) is 0 Å². The Labute approximate surface area is 441 Å². The van der Waals surface area contributed by atoms with E-state index in [9.17, 15) is 48.3 Å². The average molecular weight is 1080 g/mol. The number of hydrogen-bond donors (Lipinski definition) is 11. The molecule has 3 aromatic rings. The zero-order valence-electron chi connectivity index (χ0n) is 41.2. The summed E-state index contributed by atoms with van der Waals surface area (Å²) < 4.78 is 0. The molecule has 2 fully saturated rings. The van der Waals surface area contributed by atoms with Crippen LogP contribution in [0.1, 0.15) is 62.0 Å². The van der Waals surface area contributed by atoms with Crippen molar-refractivity contribution < 1.29 is 48.3 Å². The van der Waals surface area contributed by atoms with E-state index >= 15 is 0 Å². The topological polar surface area (TPSA) is 352 Å². The van der Waals surface area contributed by atoms with Crippen molar-refractivity contribution in [1.29, 1.82) is 0 Å². The lowest BCUT2D eigenvalue weighted by Crippen LogP contribution is -2.61. The number of guanidine groups is 1. The first kappa shape index (κ1) is 58.0. The van der Waals surface area contributed by atoms with Crippen molar-refractivity contribution in [3.63, 3.8) is 0 Å². The van der Waals surface area contributed by atoms with Gasteiger partial charge >= 0.3 is 0 Å². The fraction of sp³-hybridized carbons (Fsp3) is 0.469. The number of thiophene rings is 1. The fourth-order valence-corrected chi connectivity index (χ4v) is 10.8. The first-order valence-corrected chi connectivity index (χ1v) is 27.3. The number of phenolic OH excluding ortho intramolecular Hbond substituents is 1. The number of hydrogen-bond acceptors (Lipinski definition) is 14. The number of rotatable bonds is 17. The van der Waals surface area contributed by atoms with Gasteiger partial charge in [0, 0.05) is 48.7 Å². The lowest BCUT2D eigenvalue weighted by molar-refractivity contribution is -0.142. The van der Waals surface area contributed by atoms with Crippen LogP contribution in [0, 0.1) is 5.92 Å². The van der Waals surface area contributed by atoms with Crippen molar-refractivity contribution in [2.24, 2.45) is 28.1 Å². The highest BCUT2D eigenvalue weighted by Gasteiger charge is 2.41. The third-order valence-electron chi connectivity index (χ3n) is 11.9. The van der Waals surface area contributed by atoms with Crippen LogP contribution in [0.3, 0.4) is 0 Å². The second kappa shape index (κ2) is 29.1. The highest BCUT2D eigenvalue weighted by molar-refractivity contribution is 7.99. The standard InChI is InChI=1S/C49H66N12O10S3/c1-28(2)41-47(70)58-36(23-39(50)63)44(67)59-37(48(71)61-27-73-26-38(61)46(69)56-33(12-6-18-53-49(51)52)42(65)54-24-30-9-4-3-5-10-30)25-72-19-8-13-40(64)55-34(21-29-14-16-31(62)17-15-29)43(66)57-35(45(68)60-41)22-32-11-7-20-74-32/h3-5,7,9-11,14-17,20,28,33-38,41,62H,6,8,12-13,18-19,21-27H2,1-2H3,(H2,50,63)(H,54,65)(H,55,64)(H,56,69)(H,57,66)(H,58,70)(H,59,67)(H,60,68)(H4,51,52,53)/t33-,34+,35+,36+,37+,38+,41+/m1/s1. The van der Waals surface area contributed by atoms with Gasteiger partial charge in [0.05, 0.1) is 12.3 Å². The number of nitrogens with one attached hydrogen (secondary N) is 7. The molecule has 9 amide bonds. The Kier molecular flexibility index (Phi) is 22.9. The number of carbonyl (C=O) groups is 9. The Morgan fingerprint density at radius 1 is 0.784 bits per heavy atom. The molecule has 0 bridgehead atoms. The van der Waals surface area contributed by atoms with Gasteiger partial charge in [-0.15, -0.1) is 23.1 Å². The molecule has 2 aliphatic heterocycles. The summed E-state index contributed by atoms with van der Waals surface area (Å²) in [6, 6.07) is 9.96. The molecule has 7 atom stereocenters. The highest BCUT2D eigenvalue weighted by atomic mass is 32.2. The van der Waals surface area contributed by atoms with E-state index in [1.54, 1.807) is 43.5 Å². The Morgan fingerprint density at radius 2 is 1.47 bits per heavy atom. The number of nitrogens with two attached hydrogens (primary N) is 3. The van der Waals surface area contributed by atoms with E-state index in [4.69, 9.17) is 17.2 Å². The first-order chi connectivity index (χ1) is 35.4. The molecular formula is C49H66N12O10S3.